The Balaban J connectivity index is 1.79. The highest BCUT2D eigenvalue weighted by atomic mass is 32.2. The molecule has 180 valence electrons. The third-order valence-corrected chi connectivity index (χ3v) is 9.92. The van der Waals surface area contributed by atoms with Gasteiger partial charge in [-0.3, -0.25) is 4.79 Å². The maximum atomic E-state index is 13.4. The monoisotopic (exact) mass is 486 g/mol. The predicted octanol–water partition coefficient (Wildman–Crippen LogP) is 3.18. The summed E-state index contributed by atoms with van der Waals surface area (Å²) in [4.78, 5) is 11.8. The van der Waals surface area contributed by atoms with Crippen LogP contribution in [0.2, 0.25) is 0 Å². The Morgan fingerprint density at radius 2 is 1.44 bits per heavy atom. The standard InChI is InChI=1S/C22H34N2O6S2/c1-30-22(25)16-17-24(19-10-6-3-7-11-19)32(28,29)21-14-12-20(13-15-21)31(26,27)23-18-8-4-2-5-9-18/h12-15,18-19,23H,2-11,16-17H2,1H3. The Kier molecular flexibility index (Phi) is 8.71. The van der Waals surface area contributed by atoms with Crippen LogP contribution in [0.4, 0.5) is 0 Å². The van der Waals surface area contributed by atoms with Crippen LogP contribution in [-0.2, 0) is 29.6 Å². The van der Waals surface area contributed by atoms with Gasteiger partial charge in [0.15, 0.2) is 0 Å². The van der Waals surface area contributed by atoms with Crippen molar-refractivity contribution >= 4 is 26.0 Å². The normalized spacial score (nSPS) is 19.2. The van der Waals surface area contributed by atoms with E-state index < -0.39 is 26.0 Å². The molecule has 32 heavy (non-hydrogen) atoms. The van der Waals surface area contributed by atoms with Crippen LogP contribution in [0.3, 0.4) is 0 Å². The smallest absolute Gasteiger partial charge is 0.306 e. The Morgan fingerprint density at radius 1 is 0.906 bits per heavy atom. The average molecular weight is 487 g/mol. The van der Waals surface area contributed by atoms with Crippen molar-refractivity contribution in [1.29, 1.82) is 0 Å². The molecule has 1 aromatic rings. The number of nitrogens with one attached hydrogen (secondary N) is 1. The van der Waals surface area contributed by atoms with Gasteiger partial charge in [0.1, 0.15) is 0 Å². The molecule has 0 heterocycles. The van der Waals surface area contributed by atoms with Crippen molar-refractivity contribution in [3.63, 3.8) is 0 Å². The Morgan fingerprint density at radius 3 is 2.00 bits per heavy atom. The van der Waals surface area contributed by atoms with E-state index in [0.717, 1.165) is 64.2 Å². The molecule has 0 atom stereocenters. The van der Waals surface area contributed by atoms with Gasteiger partial charge in [0, 0.05) is 18.6 Å². The first kappa shape index (κ1) is 25.1. The number of carbonyl (C=O) groups is 1. The molecular formula is C22H34N2O6S2. The molecule has 0 bridgehead atoms. The van der Waals surface area contributed by atoms with E-state index in [0.29, 0.717) is 0 Å². The molecule has 3 rings (SSSR count). The summed E-state index contributed by atoms with van der Waals surface area (Å²) < 4.78 is 61.1. The second-order valence-corrected chi connectivity index (χ2v) is 12.3. The molecule has 2 aliphatic rings. The fourth-order valence-electron chi connectivity index (χ4n) is 4.61. The van der Waals surface area contributed by atoms with Crippen LogP contribution >= 0.6 is 0 Å². The van der Waals surface area contributed by atoms with Crippen molar-refractivity contribution in [3.05, 3.63) is 24.3 Å². The summed E-state index contributed by atoms with van der Waals surface area (Å²) in [5, 5.41) is 0. The van der Waals surface area contributed by atoms with Gasteiger partial charge in [0.25, 0.3) is 0 Å². The van der Waals surface area contributed by atoms with Gasteiger partial charge >= 0.3 is 5.97 Å². The zero-order valence-electron chi connectivity index (χ0n) is 18.7. The molecule has 0 unspecified atom stereocenters. The lowest BCUT2D eigenvalue weighted by Crippen LogP contribution is -2.42. The molecule has 0 amide bonds. The lowest BCUT2D eigenvalue weighted by molar-refractivity contribution is -0.140. The van der Waals surface area contributed by atoms with Gasteiger partial charge in [0.05, 0.1) is 23.3 Å². The van der Waals surface area contributed by atoms with Crippen LogP contribution in [0.5, 0.6) is 0 Å². The zero-order chi connectivity index (χ0) is 23.2. The summed E-state index contributed by atoms with van der Waals surface area (Å²) in [6, 6.07) is 5.14. The van der Waals surface area contributed by atoms with E-state index in [4.69, 9.17) is 0 Å². The summed E-state index contributed by atoms with van der Waals surface area (Å²) in [5.74, 6) is -0.462. The van der Waals surface area contributed by atoms with E-state index in [1.54, 1.807) is 0 Å². The molecule has 0 radical (unpaired) electrons. The molecule has 2 fully saturated rings. The molecule has 0 saturated heterocycles. The first-order valence-electron chi connectivity index (χ1n) is 11.4. The summed E-state index contributed by atoms with van der Waals surface area (Å²) in [5.41, 5.74) is 0. The second kappa shape index (κ2) is 11.1. The molecule has 1 aromatic carbocycles. The summed E-state index contributed by atoms with van der Waals surface area (Å²) in [6.07, 6.45) is 9.21. The molecule has 0 aliphatic heterocycles. The number of sulfonamides is 2. The highest BCUT2D eigenvalue weighted by Gasteiger charge is 2.33. The average Bonchev–Trinajstić information content (AvgIpc) is 2.80. The minimum Gasteiger partial charge on any atom is -0.469 e. The van der Waals surface area contributed by atoms with Gasteiger partial charge in [-0.2, -0.15) is 4.31 Å². The van der Waals surface area contributed by atoms with Gasteiger partial charge in [-0.1, -0.05) is 38.5 Å². The van der Waals surface area contributed by atoms with Gasteiger partial charge in [-0.05, 0) is 49.9 Å². The van der Waals surface area contributed by atoms with E-state index in [1.807, 2.05) is 0 Å². The van der Waals surface area contributed by atoms with Gasteiger partial charge in [-0.15, -0.1) is 0 Å². The Bertz CT molecular complexity index is 964. The largest absolute Gasteiger partial charge is 0.469 e. The number of rotatable bonds is 9. The number of methoxy groups -OCH3 is 1. The van der Waals surface area contributed by atoms with E-state index in [1.165, 1.54) is 35.7 Å². The fraction of sp³-hybridized carbons (Fsp3) is 0.682. The minimum absolute atomic E-state index is 0.0238. The highest BCUT2D eigenvalue weighted by molar-refractivity contribution is 7.89. The van der Waals surface area contributed by atoms with Crippen molar-refractivity contribution < 1.29 is 26.4 Å². The lowest BCUT2D eigenvalue weighted by atomic mass is 9.95. The van der Waals surface area contributed by atoms with Crippen molar-refractivity contribution in [3.8, 4) is 0 Å². The van der Waals surface area contributed by atoms with Gasteiger partial charge in [0.2, 0.25) is 20.0 Å². The number of nitrogens with zero attached hydrogens (tertiary/aromatic N) is 1. The molecule has 0 spiro atoms. The van der Waals surface area contributed by atoms with E-state index in [2.05, 4.69) is 9.46 Å². The first-order chi connectivity index (χ1) is 15.2. The Hall–Kier alpha value is -1.49. The quantitative estimate of drug-likeness (QED) is 0.537. The number of ether oxygens (including phenoxy) is 1. The highest BCUT2D eigenvalue weighted by Crippen LogP contribution is 2.29. The van der Waals surface area contributed by atoms with Crippen molar-refractivity contribution in [1.82, 2.24) is 9.03 Å². The molecule has 8 nitrogen and oxygen atoms in total. The number of hydrogen-bond donors (Lipinski definition) is 1. The molecule has 2 aliphatic carbocycles. The Labute approximate surface area is 191 Å². The van der Waals surface area contributed by atoms with Crippen molar-refractivity contribution in [2.24, 2.45) is 0 Å². The maximum Gasteiger partial charge on any atom is 0.306 e. The molecule has 2 saturated carbocycles. The topological polar surface area (TPSA) is 110 Å². The van der Waals surface area contributed by atoms with Crippen LogP contribution in [0, 0.1) is 0 Å². The van der Waals surface area contributed by atoms with E-state index >= 15 is 0 Å². The number of hydrogen-bond acceptors (Lipinski definition) is 6. The summed E-state index contributed by atoms with van der Waals surface area (Å²) in [7, 11) is -6.31. The van der Waals surface area contributed by atoms with Crippen LogP contribution in [0.15, 0.2) is 34.1 Å². The van der Waals surface area contributed by atoms with Gasteiger partial charge in [-0.25, -0.2) is 21.6 Å². The number of carbonyl (C=O) groups excluding carboxylic acids is 1. The summed E-state index contributed by atoms with van der Waals surface area (Å²) >= 11 is 0. The number of esters is 1. The SMILES string of the molecule is COC(=O)CCN(C1CCCCC1)S(=O)(=O)c1ccc(S(=O)(=O)NC2CCCCC2)cc1. The second-order valence-electron chi connectivity index (χ2n) is 8.66. The molecular weight excluding hydrogens is 452 g/mol. The summed E-state index contributed by atoms with van der Waals surface area (Å²) in [6.45, 7) is 0.0446. The maximum absolute atomic E-state index is 13.4. The zero-order valence-corrected chi connectivity index (χ0v) is 20.3. The third kappa shape index (κ3) is 6.30. The predicted molar refractivity (Wildman–Crippen MR) is 121 cm³/mol. The van der Waals surface area contributed by atoms with Crippen LogP contribution in [-0.4, -0.2) is 52.8 Å². The minimum atomic E-state index is -3.88. The lowest BCUT2D eigenvalue weighted by Gasteiger charge is -2.33. The van der Waals surface area contributed by atoms with Gasteiger partial charge < -0.3 is 4.74 Å². The van der Waals surface area contributed by atoms with Crippen molar-refractivity contribution in [2.75, 3.05) is 13.7 Å². The van der Waals surface area contributed by atoms with Crippen LogP contribution in [0.25, 0.3) is 0 Å². The fourth-order valence-corrected chi connectivity index (χ4v) is 7.60. The molecule has 1 N–H and O–H groups in total. The van der Waals surface area contributed by atoms with E-state index in [9.17, 15) is 21.6 Å². The van der Waals surface area contributed by atoms with Crippen molar-refractivity contribution in [2.45, 2.75) is 92.5 Å². The molecule has 10 heteroatoms. The first-order valence-corrected chi connectivity index (χ1v) is 14.4. The van der Waals surface area contributed by atoms with Crippen LogP contribution in [0.1, 0.15) is 70.6 Å². The third-order valence-electron chi connectivity index (χ3n) is 6.41. The van der Waals surface area contributed by atoms with Crippen LogP contribution < -0.4 is 4.72 Å². The van der Waals surface area contributed by atoms with E-state index in [-0.39, 0.29) is 34.8 Å². The number of benzene rings is 1. The molecule has 0 aromatic heterocycles.